The van der Waals surface area contributed by atoms with E-state index in [0.29, 0.717) is 16.1 Å². The molecule has 3 aromatic carbocycles. The zero-order valence-electron chi connectivity index (χ0n) is 19.7. The lowest BCUT2D eigenvalue weighted by Crippen LogP contribution is -2.27. The van der Waals surface area contributed by atoms with Crippen LogP contribution in [-0.2, 0) is 11.3 Å². The zero-order valence-corrected chi connectivity index (χ0v) is 22.0. The highest BCUT2D eigenvalue weighted by molar-refractivity contribution is 8.18. The van der Waals surface area contributed by atoms with Crippen molar-refractivity contribution in [2.45, 2.75) is 13.5 Å². The Morgan fingerprint density at radius 2 is 1.76 bits per heavy atom. The van der Waals surface area contributed by atoms with Gasteiger partial charge >= 0.3 is 5.97 Å². The lowest BCUT2D eigenvalue weighted by atomic mass is 10.1. The van der Waals surface area contributed by atoms with Crippen LogP contribution < -0.4 is 9.47 Å². The predicted octanol–water partition coefficient (Wildman–Crippen LogP) is 6.76. The lowest BCUT2D eigenvalue weighted by molar-refractivity contribution is -0.384. The number of rotatable bonds is 8. The average Bonchev–Trinajstić information content (AvgIpc) is 3.14. The van der Waals surface area contributed by atoms with Crippen LogP contribution in [0.2, 0.25) is 10.0 Å². The van der Waals surface area contributed by atoms with Gasteiger partial charge in [-0.1, -0.05) is 35.3 Å². The Bertz CT molecular complexity index is 1460. The molecular weight excluding hydrogens is 555 g/mol. The van der Waals surface area contributed by atoms with Crippen LogP contribution in [0.5, 0.6) is 11.5 Å². The molecule has 0 radical (unpaired) electrons. The molecule has 9 nitrogen and oxygen atoms in total. The Morgan fingerprint density at radius 3 is 2.39 bits per heavy atom. The molecule has 2 amide bonds. The summed E-state index contributed by atoms with van der Waals surface area (Å²) >= 11 is 13.0. The number of nitro benzene ring substituents is 1. The molecule has 0 aromatic heterocycles. The standard InChI is InChI=1S/C26H18Cl2N2O7S/c1-2-36-21-12-16(11-20(28)23(21)37-25(32)17-5-7-18(27)8-6-17)13-22-24(31)29(26(33)38-22)14-15-3-9-19(10-4-15)30(34)35/h3-13H,2,14H2,1H3/b22-13-. The van der Waals surface area contributed by atoms with Gasteiger partial charge in [0.1, 0.15) is 0 Å². The largest absolute Gasteiger partial charge is 0.490 e. The van der Waals surface area contributed by atoms with E-state index in [0.717, 1.165) is 16.7 Å². The van der Waals surface area contributed by atoms with Gasteiger partial charge in [0.25, 0.3) is 16.8 Å². The highest BCUT2D eigenvalue weighted by atomic mass is 35.5. The molecule has 1 aliphatic rings. The molecule has 1 heterocycles. The normalized spacial score (nSPS) is 14.2. The van der Waals surface area contributed by atoms with E-state index in [-0.39, 0.29) is 45.8 Å². The lowest BCUT2D eigenvalue weighted by Gasteiger charge is -2.14. The quantitative estimate of drug-likeness (QED) is 0.0955. The Kier molecular flexibility index (Phi) is 8.35. The second-order valence-corrected chi connectivity index (χ2v) is 9.69. The fourth-order valence-electron chi connectivity index (χ4n) is 3.46. The highest BCUT2D eigenvalue weighted by Crippen LogP contribution is 2.40. The van der Waals surface area contributed by atoms with Crippen LogP contribution in [0.15, 0.2) is 65.6 Å². The Balaban J connectivity index is 1.56. The molecule has 194 valence electrons. The maximum Gasteiger partial charge on any atom is 0.343 e. The van der Waals surface area contributed by atoms with Crippen LogP contribution in [0.4, 0.5) is 10.5 Å². The van der Waals surface area contributed by atoms with Gasteiger partial charge in [-0.25, -0.2) is 4.79 Å². The molecule has 4 rings (SSSR count). The first-order chi connectivity index (χ1) is 18.2. The summed E-state index contributed by atoms with van der Waals surface area (Å²) in [6, 6.07) is 14.8. The number of thioether (sulfide) groups is 1. The van der Waals surface area contributed by atoms with Gasteiger partial charge in [0.15, 0.2) is 11.5 Å². The maximum atomic E-state index is 13.0. The number of carbonyl (C=O) groups excluding carboxylic acids is 3. The van der Waals surface area contributed by atoms with Crippen LogP contribution in [0, 0.1) is 10.1 Å². The molecule has 1 aliphatic heterocycles. The van der Waals surface area contributed by atoms with Crippen LogP contribution in [0.25, 0.3) is 6.08 Å². The topological polar surface area (TPSA) is 116 Å². The van der Waals surface area contributed by atoms with Crippen LogP contribution in [-0.4, -0.2) is 33.5 Å². The first-order valence-electron chi connectivity index (χ1n) is 11.1. The fourth-order valence-corrected chi connectivity index (χ4v) is 4.69. The Morgan fingerprint density at radius 1 is 1.08 bits per heavy atom. The first kappa shape index (κ1) is 27.2. The van der Waals surface area contributed by atoms with E-state index in [4.69, 9.17) is 32.7 Å². The molecule has 1 saturated heterocycles. The van der Waals surface area contributed by atoms with Crippen LogP contribution >= 0.6 is 35.0 Å². The minimum absolute atomic E-state index is 0.0110. The summed E-state index contributed by atoms with van der Waals surface area (Å²) in [6.07, 6.45) is 1.49. The van der Waals surface area contributed by atoms with E-state index < -0.39 is 22.0 Å². The third-order valence-electron chi connectivity index (χ3n) is 5.27. The van der Waals surface area contributed by atoms with Gasteiger partial charge in [0, 0.05) is 17.2 Å². The Hall–Kier alpha value is -3.86. The molecule has 0 unspecified atom stereocenters. The van der Waals surface area contributed by atoms with E-state index in [9.17, 15) is 24.5 Å². The minimum atomic E-state index is -0.662. The number of imide groups is 1. The number of nitro groups is 1. The van der Waals surface area contributed by atoms with Gasteiger partial charge in [0.2, 0.25) is 0 Å². The Labute approximate surface area is 231 Å². The van der Waals surface area contributed by atoms with Crippen molar-refractivity contribution in [1.82, 2.24) is 4.90 Å². The molecule has 0 saturated carbocycles. The van der Waals surface area contributed by atoms with E-state index >= 15 is 0 Å². The van der Waals surface area contributed by atoms with Crippen LogP contribution in [0.3, 0.4) is 0 Å². The van der Waals surface area contributed by atoms with Crippen molar-refractivity contribution >= 4 is 63.8 Å². The molecule has 0 bridgehead atoms. The SMILES string of the molecule is CCOc1cc(/C=C2\SC(=O)N(Cc3ccc([N+](=O)[O-])cc3)C2=O)cc(Cl)c1OC(=O)c1ccc(Cl)cc1. The number of ether oxygens (including phenoxy) is 2. The number of hydrogen-bond acceptors (Lipinski definition) is 8. The number of carbonyl (C=O) groups is 3. The first-order valence-corrected chi connectivity index (χ1v) is 12.7. The van der Waals surface area contributed by atoms with Crippen molar-refractivity contribution in [2.75, 3.05) is 6.61 Å². The van der Waals surface area contributed by atoms with Gasteiger partial charge in [-0.2, -0.15) is 0 Å². The minimum Gasteiger partial charge on any atom is -0.490 e. The van der Waals surface area contributed by atoms with Gasteiger partial charge in [-0.3, -0.25) is 24.6 Å². The van der Waals surface area contributed by atoms with Crippen molar-refractivity contribution < 1.29 is 28.8 Å². The van der Waals surface area contributed by atoms with Gasteiger partial charge in [-0.15, -0.1) is 0 Å². The van der Waals surface area contributed by atoms with Crippen LogP contribution in [0.1, 0.15) is 28.4 Å². The van der Waals surface area contributed by atoms with E-state index in [2.05, 4.69) is 0 Å². The van der Waals surface area contributed by atoms with Crippen molar-refractivity contribution in [3.05, 3.63) is 102 Å². The van der Waals surface area contributed by atoms with Crippen molar-refractivity contribution in [3.8, 4) is 11.5 Å². The molecule has 12 heteroatoms. The third kappa shape index (κ3) is 6.16. The summed E-state index contributed by atoms with van der Waals surface area (Å²) < 4.78 is 11.1. The van der Waals surface area contributed by atoms with Gasteiger partial charge in [0.05, 0.1) is 33.6 Å². The zero-order chi connectivity index (χ0) is 27.4. The molecule has 3 aromatic rings. The summed E-state index contributed by atoms with van der Waals surface area (Å²) in [5, 5.41) is 10.9. The fraction of sp³-hybridized carbons (Fsp3) is 0.115. The molecule has 1 fully saturated rings. The second kappa shape index (κ2) is 11.7. The second-order valence-electron chi connectivity index (χ2n) is 7.85. The van der Waals surface area contributed by atoms with E-state index in [1.54, 1.807) is 25.1 Å². The molecule has 0 N–H and O–H groups in total. The number of benzene rings is 3. The van der Waals surface area contributed by atoms with Crippen molar-refractivity contribution in [2.24, 2.45) is 0 Å². The monoisotopic (exact) mass is 572 g/mol. The number of nitrogens with zero attached hydrogens (tertiary/aromatic N) is 2. The number of esters is 1. The average molecular weight is 573 g/mol. The number of amides is 2. The van der Waals surface area contributed by atoms with Gasteiger partial charge < -0.3 is 9.47 Å². The smallest absolute Gasteiger partial charge is 0.343 e. The summed E-state index contributed by atoms with van der Waals surface area (Å²) in [6.45, 7) is 1.95. The number of hydrogen-bond donors (Lipinski definition) is 0. The molecule has 38 heavy (non-hydrogen) atoms. The summed E-state index contributed by atoms with van der Waals surface area (Å²) in [7, 11) is 0. The molecule has 0 atom stereocenters. The molecular formula is C26H18Cl2N2O7S. The van der Waals surface area contributed by atoms with E-state index in [1.165, 1.54) is 48.5 Å². The summed E-state index contributed by atoms with van der Waals surface area (Å²) in [5.74, 6) is -0.995. The number of non-ortho nitro benzene ring substituents is 1. The van der Waals surface area contributed by atoms with Gasteiger partial charge in [-0.05, 0) is 72.3 Å². The molecule has 0 aliphatic carbocycles. The summed E-state index contributed by atoms with van der Waals surface area (Å²) in [4.78, 5) is 49.6. The highest BCUT2D eigenvalue weighted by Gasteiger charge is 2.35. The number of halogens is 2. The van der Waals surface area contributed by atoms with Crippen molar-refractivity contribution in [3.63, 3.8) is 0 Å². The van der Waals surface area contributed by atoms with Crippen molar-refractivity contribution in [1.29, 1.82) is 0 Å². The summed E-state index contributed by atoms with van der Waals surface area (Å²) in [5.41, 5.74) is 1.18. The maximum absolute atomic E-state index is 13.0. The molecule has 0 spiro atoms. The third-order valence-corrected chi connectivity index (χ3v) is 6.71. The van der Waals surface area contributed by atoms with E-state index in [1.807, 2.05) is 0 Å². The predicted molar refractivity (Wildman–Crippen MR) is 144 cm³/mol.